The average molecular weight is 1080 g/mol. The molecule has 1 aromatic heterocycles. The number of hydrogen-bond acceptors (Lipinski definition) is 18. The van der Waals surface area contributed by atoms with Crippen molar-refractivity contribution < 1.29 is 47.0 Å². The van der Waals surface area contributed by atoms with Crippen molar-refractivity contribution in [3.63, 3.8) is 0 Å². The number of rotatable bonds is 26. The van der Waals surface area contributed by atoms with Crippen LogP contribution in [-0.4, -0.2) is 115 Å². The van der Waals surface area contributed by atoms with E-state index in [0.29, 0.717) is 42.9 Å². The van der Waals surface area contributed by atoms with Crippen LogP contribution in [0.25, 0.3) is 0 Å². The molecule has 1 unspecified atom stereocenters. The molecule has 0 aliphatic carbocycles. The molecule has 3 aromatic rings. The van der Waals surface area contributed by atoms with Crippen LogP contribution in [0.4, 0.5) is 16.3 Å². The summed E-state index contributed by atoms with van der Waals surface area (Å²) in [7, 11) is -2.59. The van der Waals surface area contributed by atoms with E-state index in [9.17, 15) is 24.5 Å². The summed E-state index contributed by atoms with van der Waals surface area (Å²) >= 11 is 0. The van der Waals surface area contributed by atoms with Crippen molar-refractivity contribution in [2.24, 2.45) is 0 Å². The SMILES string of the molecule is CC(C)N(C(C)C)P(OCCC#N)N(C(C)C)C(C)C.CC(C)N(C(C)C)P(OCCC#N)O[C@H]1C[C@H](n2ccc(NC(=O)COc3ccc(C(C)(C)C)cc3)nc2=O)O[C@@H]1COC(=O)Oc1ccc([N+](=O)[O-])cc1. The number of benzene rings is 2. The number of nitro benzene ring substituents is 1. The van der Waals surface area contributed by atoms with Crippen LogP contribution in [0.5, 0.6) is 11.5 Å². The van der Waals surface area contributed by atoms with Gasteiger partial charge in [-0.15, -0.1) is 0 Å². The molecule has 1 saturated heterocycles. The first-order valence-electron chi connectivity index (χ1n) is 25.3. The van der Waals surface area contributed by atoms with Gasteiger partial charge in [-0.25, -0.2) is 23.6 Å². The van der Waals surface area contributed by atoms with Gasteiger partial charge in [0, 0.05) is 61.0 Å². The first-order chi connectivity index (χ1) is 35.3. The van der Waals surface area contributed by atoms with E-state index in [-0.39, 0.29) is 67.4 Å². The van der Waals surface area contributed by atoms with Gasteiger partial charge in [-0.2, -0.15) is 15.5 Å². The summed E-state index contributed by atoms with van der Waals surface area (Å²) in [6, 6.07) is 19.7. The number of hydrogen-bond donors (Lipinski definition) is 1. The molecule has 1 aliphatic heterocycles. The van der Waals surface area contributed by atoms with Crippen molar-refractivity contribution in [3.8, 4) is 23.6 Å². The fraction of sp³-hybridized carbons (Fsp3) is 0.615. The molecule has 4 rings (SSSR count). The van der Waals surface area contributed by atoms with E-state index in [4.69, 9.17) is 43.0 Å². The van der Waals surface area contributed by atoms with Gasteiger partial charge in [0.05, 0.1) is 49.2 Å². The second kappa shape index (κ2) is 31.1. The second-order valence-corrected chi connectivity index (χ2v) is 23.3. The lowest BCUT2D eigenvalue weighted by Gasteiger charge is -2.45. The fourth-order valence-corrected chi connectivity index (χ4v) is 12.0. The zero-order chi connectivity index (χ0) is 56.2. The van der Waals surface area contributed by atoms with E-state index in [1.165, 1.54) is 41.1 Å². The molecule has 0 spiro atoms. The number of nitriles is 2. The molecule has 0 bridgehead atoms. The van der Waals surface area contributed by atoms with Crippen LogP contribution >= 0.6 is 17.0 Å². The Morgan fingerprint density at radius 1 is 0.813 bits per heavy atom. The Morgan fingerprint density at radius 3 is 1.81 bits per heavy atom. The van der Waals surface area contributed by atoms with Gasteiger partial charge >= 0.3 is 11.8 Å². The van der Waals surface area contributed by atoms with E-state index < -0.39 is 58.1 Å². The van der Waals surface area contributed by atoms with Crippen LogP contribution in [0.15, 0.2) is 65.6 Å². The summed E-state index contributed by atoms with van der Waals surface area (Å²) in [5.41, 5.74) is 0.193. The van der Waals surface area contributed by atoms with Crippen LogP contribution in [-0.2, 0) is 33.3 Å². The summed E-state index contributed by atoms with van der Waals surface area (Å²) in [6.07, 6.45) is -1.58. The molecule has 21 nitrogen and oxygen atoms in total. The maximum atomic E-state index is 13.3. The number of aromatic nitrogens is 2. The Bertz CT molecular complexity index is 2340. The second-order valence-electron chi connectivity index (χ2n) is 20.2. The topological polar surface area (TPSA) is 246 Å². The Morgan fingerprint density at radius 2 is 1.33 bits per heavy atom. The van der Waals surface area contributed by atoms with Gasteiger partial charge in [0.25, 0.3) is 20.1 Å². The van der Waals surface area contributed by atoms with Gasteiger partial charge in [0.15, 0.2) is 15.1 Å². The molecule has 2 heterocycles. The highest BCUT2D eigenvalue weighted by atomic mass is 31.2. The van der Waals surface area contributed by atoms with Gasteiger partial charge in [-0.3, -0.25) is 19.5 Å². The highest BCUT2D eigenvalue weighted by Crippen LogP contribution is 2.51. The fourth-order valence-electron chi connectivity index (χ4n) is 7.94. The molecular formula is C52H79N9O12P2. The van der Waals surface area contributed by atoms with E-state index in [1.807, 2.05) is 44.5 Å². The number of amides is 1. The van der Waals surface area contributed by atoms with Crippen molar-refractivity contribution >= 4 is 40.5 Å². The van der Waals surface area contributed by atoms with E-state index in [2.05, 4.69) is 108 Å². The molecule has 1 aliphatic rings. The number of nitrogens with zero attached hydrogens (tertiary/aromatic N) is 8. The van der Waals surface area contributed by atoms with Crippen LogP contribution in [0.1, 0.15) is 135 Å². The van der Waals surface area contributed by atoms with Gasteiger partial charge in [0.1, 0.15) is 36.3 Å². The molecule has 75 heavy (non-hydrogen) atoms. The van der Waals surface area contributed by atoms with Gasteiger partial charge in [0.2, 0.25) is 0 Å². The number of nitrogens with one attached hydrogen (secondary N) is 1. The molecule has 1 N–H and O–H groups in total. The number of ether oxygens (including phenoxy) is 4. The first kappa shape index (κ1) is 64.1. The zero-order valence-corrected chi connectivity index (χ0v) is 48.1. The lowest BCUT2D eigenvalue weighted by atomic mass is 9.87. The highest BCUT2D eigenvalue weighted by molar-refractivity contribution is 7.47. The first-order valence-corrected chi connectivity index (χ1v) is 27.6. The molecule has 23 heteroatoms. The van der Waals surface area contributed by atoms with E-state index in [1.54, 1.807) is 12.1 Å². The Hall–Kier alpha value is -5.18. The van der Waals surface area contributed by atoms with E-state index in [0.717, 1.165) is 5.56 Å². The Kier molecular flexibility index (Phi) is 26.6. The Balaban J connectivity index is 0.000000625. The summed E-state index contributed by atoms with van der Waals surface area (Å²) < 4.78 is 49.3. The van der Waals surface area contributed by atoms with Crippen LogP contribution < -0.4 is 20.5 Å². The molecular weight excluding hydrogens is 1000 g/mol. The summed E-state index contributed by atoms with van der Waals surface area (Å²) in [5.74, 6) is 0.0385. The molecule has 4 atom stereocenters. The largest absolute Gasteiger partial charge is 0.513 e. The maximum absolute atomic E-state index is 13.3. The monoisotopic (exact) mass is 1080 g/mol. The third-order valence-corrected chi connectivity index (χ3v) is 16.3. The van der Waals surface area contributed by atoms with E-state index >= 15 is 0 Å². The number of carbonyl (C=O) groups excluding carboxylic acids is 2. The zero-order valence-electron chi connectivity index (χ0n) is 46.3. The molecule has 414 valence electrons. The van der Waals surface area contributed by atoms with Crippen LogP contribution in [0, 0.1) is 32.8 Å². The van der Waals surface area contributed by atoms with Crippen molar-refractivity contribution in [2.75, 3.05) is 31.7 Å². The van der Waals surface area contributed by atoms with Crippen LogP contribution in [0.2, 0.25) is 0 Å². The van der Waals surface area contributed by atoms with Crippen molar-refractivity contribution in [1.82, 2.24) is 23.6 Å². The van der Waals surface area contributed by atoms with Gasteiger partial charge < -0.3 is 37.8 Å². The van der Waals surface area contributed by atoms with Crippen molar-refractivity contribution in [2.45, 2.75) is 183 Å². The third-order valence-electron chi connectivity index (χ3n) is 11.1. The predicted octanol–water partition coefficient (Wildman–Crippen LogP) is 11.0. The third kappa shape index (κ3) is 20.7. The standard InChI is InChI=1S/C37H47N6O11P.C15H32N3OP/c1-24(2)42(25(3)4)55(51-20-8-18-38)54-30-21-34(53-31(30)22-50-36(46)52-29-15-11-27(12-16-29)43(47)48)41-19-17-32(40-35(41)45)39-33(44)23-49-28-13-9-26(10-14-28)37(5,6)7;1-12(2)17(13(3)4)20(19-11-9-10-16)18(14(5)6)15(7)8/h9-17,19,24-25,30-31,34H,8,20-23H2,1-7H3,(H,39,40,44,45);12-15H,9,11H2,1-8H3/t30-,31+,34+,55?;/m0./s1. The van der Waals surface area contributed by atoms with Crippen molar-refractivity contribution in [3.05, 3.63) is 87.0 Å². The van der Waals surface area contributed by atoms with Crippen molar-refractivity contribution in [1.29, 1.82) is 10.5 Å². The summed E-state index contributed by atoms with van der Waals surface area (Å²) in [5, 5.41) is 31.4. The minimum absolute atomic E-state index is 0.00770. The van der Waals surface area contributed by atoms with Crippen LogP contribution in [0.3, 0.4) is 0 Å². The molecule has 2 aromatic carbocycles. The molecule has 0 saturated carbocycles. The molecule has 1 fully saturated rings. The summed E-state index contributed by atoms with van der Waals surface area (Å²) in [6.45, 7) is 31.9. The minimum atomic E-state index is -1.75. The summed E-state index contributed by atoms with van der Waals surface area (Å²) in [4.78, 5) is 53.0. The minimum Gasteiger partial charge on any atom is -0.484 e. The lowest BCUT2D eigenvalue weighted by Crippen LogP contribution is -2.43. The number of nitro groups is 1. The number of anilines is 1. The van der Waals surface area contributed by atoms with Gasteiger partial charge in [-0.05, 0) is 124 Å². The number of carbonyl (C=O) groups is 2. The average Bonchev–Trinajstić information content (AvgIpc) is 3.71. The quantitative estimate of drug-likeness (QED) is 0.0196. The smallest absolute Gasteiger partial charge is 0.484 e. The van der Waals surface area contributed by atoms with Gasteiger partial charge in [-0.1, -0.05) is 32.9 Å². The highest BCUT2D eigenvalue weighted by Gasteiger charge is 2.42. The number of non-ortho nitro benzene ring substituents is 1. The molecule has 0 radical (unpaired) electrons. The maximum Gasteiger partial charge on any atom is 0.513 e. The lowest BCUT2D eigenvalue weighted by molar-refractivity contribution is -0.384. The normalized spacial score (nSPS) is 16.2. The Labute approximate surface area is 445 Å². The molecule has 1 amide bonds. The predicted molar refractivity (Wildman–Crippen MR) is 289 cm³/mol.